The Balaban J connectivity index is 2.88. The maximum atomic E-state index is 3.38. The average molecular weight is 234 g/mol. The molecule has 0 saturated heterocycles. The number of anilines is 1. The van der Waals surface area contributed by atoms with Gasteiger partial charge in [-0.2, -0.15) is 0 Å². The normalized spacial score (nSPS) is 12.6. The number of benzene rings is 1. The van der Waals surface area contributed by atoms with E-state index in [-0.39, 0.29) is 11.0 Å². The molecule has 0 amide bonds. The second-order valence-corrected chi connectivity index (χ2v) is 6.02. The lowest BCUT2D eigenvalue weighted by Gasteiger charge is -2.35. The fraction of sp³-hybridized carbons (Fsp3) is 0.600. The molecular formula is C15H26N2. The molecule has 1 aromatic rings. The standard InChI is InChI=1S/C15H26N2/c1-14(2,11-15(3,4)17-6)12-7-9-13(16-5)10-8-12/h7-10,16-17H,11H2,1-6H3. The first kappa shape index (κ1) is 14.0. The molecule has 2 N–H and O–H groups in total. The highest BCUT2D eigenvalue weighted by Gasteiger charge is 2.28. The van der Waals surface area contributed by atoms with Crippen LogP contribution >= 0.6 is 0 Å². The minimum Gasteiger partial charge on any atom is -0.388 e. The quantitative estimate of drug-likeness (QED) is 0.816. The maximum absolute atomic E-state index is 3.38. The van der Waals surface area contributed by atoms with Crippen molar-refractivity contribution in [1.29, 1.82) is 0 Å². The van der Waals surface area contributed by atoms with Gasteiger partial charge < -0.3 is 10.6 Å². The lowest BCUT2D eigenvalue weighted by Crippen LogP contribution is -2.41. The van der Waals surface area contributed by atoms with Crippen LogP contribution in [0.4, 0.5) is 5.69 Å². The third-order valence-electron chi connectivity index (χ3n) is 3.52. The summed E-state index contributed by atoms with van der Waals surface area (Å²) in [4.78, 5) is 0. The van der Waals surface area contributed by atoms with Crippen molar-refractivity contribution >= 4 is 5.69 Å². The van der Waals surface area contributed by atoms with Gasteiger partial charge in [0.1, 0.15) is 0 Å². The van der Waals surface area contributed by atoms with Crippen molar-refractivity contribution in [2.45, 2.75) is 45.1 Å². The van der Waals surface area contributed by atoms with Gasteiger partial charge >= 0.3 is 0 Å². The van der Waals surface area contributed by atoms with Crippen molar-refractivity contribution < 1.29 is 0 Å². The summed E-state index contributed by atoms with van der Waals surface area (Å²) >= 11 is 0. The molecule has 17 heavy (non-hydrogen) atoms. The molecule has 1 aromatic carbocycles. The van der Waals surface area contributed by atoms with E-state index in [1.165, 1.54) is 5.56 Å². The third-order valence-corrected chi connectivity index (χ3v) is 3.52. The van der Waals surface area contributed by atoms with E-state index >= 15 is 0 Å². The first-order chi connectivity index (χ1) is 7.80. The van der Waals surface area contributed by atoms with Crippen LogP contribution in [0.5, 0.6) is 0 Å². The van der Waals surface area contributed by atoms with Gasteiger partial charge in [-0.25, -0.2) is 0 Å². The summed E-state index contributed by atoms with van der Waals surface area (Å²) in [5, 5.41) is 6.53. The zero-order valence-electron chi connectivity index (χ0n) is 12.0. The number of hydrogen-bond donors (Lipinski definition) is 2. The lowest BCUT2D eigenvalue weighted by molar-refractivity contribution is 0.305. The minimum absolute atomic E-state index is 0.158. The van der Waals surface area contributed by atoms with E-state index < -0.39 is 0 Å². The molecule has 0 aliphatic carbocycles. The molecule has 0 unspecified atom stereocenters. The molecule has 0 aliphatic heterocycles. The van der Waals surface area contributed by atoms with Crippen LogP contribution in [0.2, 0.25) is 0 Å². The van der Waals surface area contributed by atoms with Crippen molar-refractivity contribution in [3.63, 3.8) is 0 Å². The van der Waals surface area contributed by atoms with Gasteiger partial charge in [0.25, 0.3) is 0 Å². The van der Waals surface area contributed by atoms with Crippen molar-refractivity contribution in [2.75, 3.05) is 19.4 Å². The summed E-state index contributed by atoms with van der Waals surface area (Å²) in [5.74, 6) is 0. The highest BCUT2D eigenvalue weighted by atomic mass is 14.9. The number of nitrogens with one attached hydrogen (secondary N) is 2. The summed E-state index contributed by atoms with van der Waals surface area (Å²) in [6, 6.07) is 8.72. The van der Waals surface area contributed by atoms with Crippen molar-refractivity contribution in [3.8, 4) is 0 Å². The lowest BCUT2D eigenvalue weighted by atomic mass is 9.75. The SMILES string of the molecule is CNc1ccc(C(C)(C)CC(C)(C)NC)cc1. The largest absolute Gasteiger partial charge is 0.388 e. The molecule has 0 aliphatic rings. The molecule has 0 heterocycles. The topological polar surface area (TPSA) is 24.1 Å². The van der Waals surface area contributed by atoms with E-state index in [4.69, 9.17) is 0 Å². The highest BCUT2D eigenvalue weighted by Crippen LogP contribution is 2.32. The van der Waals surface area contributed by atoms with Gasteiger partial charge in [-0.1, -0.05) is 26.0 Å². The van der Waals surface area contributed by atoms with Gasteiger partial charge in [-0.15, -0.1) is 0 Å². The number of rotatable bonds is 5. The zero-order chi connectivity index (χ0) is 13.1. The Morgan fingerprint density at radius 2 is 1.47 bits per heavy atom. The van der Waals surface area contributed by atoms with Gasteiger partial charge in [-0.05, 0) is 50.4 Å². The summed E-state index contributed by atoms with van der Waals surface area (Å²) in [5.41, 5.74) is 2.89. The predicted molar refractivity (Wildman–Crippen MR) is 76.8 cm³/mol. The summed E-state index contributed by atoms with van der Waals surface area (Å²) < 4.78 is 0. The molecule has 96 valence electrons. The minimum atomic E-state index is 0.158. The predicted octanol–water partition coefficient (Wildman–Crippen LogP) is 3.39. The second-order valence-electron chi connectivity index (χ2n) is 6.02. The molecule has 0 fully saturated rings. The first-order valence-corrected chi connectivity index (χ1v) is 6.28. The first-order valence-electron chi connectivity index (χ1n) is 6.28. The van der Waals surface area contributed by atoms with E-state index in [0.717, 1.165) is 12.1 Å². The van der Waals surface area contributed by atoms with Gasteiger partial charge in [0.2, 0.25) is 0 Å². The Bertz CT molecular complexity index is 350. The Kier molecular flexibility index (Phi) is 4.21. The Morgan fingerprint density at radius 1 is 0.941 bits per heavy atom. The smallest absolute Gasteiger partial charge is 0.0337 e. The highest BCUT2D eigenvalue weighted by molar-refractivity contribution is 5.45. The van der Waals surface area contributed by atoms with Gasteiger partial charge in [-0.3, -0.25) is 0 Å². The van der Waals surface area contributed by atoms with Gasteiger partial charge in [0.05, 0.1) is 0 Å². The van der Waals surface area contributed by atoms with E-state index in [0.29, 0.717) is 0 Å². The third kappa shape index (κ3) is 3.74. The molecule has 0 radical (unpaired) electrons. The van der Waals surface area contributed by atoms with Crippen LogP contribution in [0.3, 0.4) is 0 Å². The van der Waals surface area contributed by atoms with Crippen molar-refractivity contribution in [1.82, 2.24) is 5.32 Å². The van der Waals surface area contributed by atoms with E-state index in [9.17, 15) is 0 Å². The molecule has 0 bridgehead atoms. The van der Waals surface area contributed by atoms with Gasteiger partial charge in [0.15, 0.2) is 0 Å². The Labute approximate surface area is 106 Å². The molecule has 2 nitrogen and oxygen atoms in total. The van der Waals surface area contributed by atoms with Crippen LogP contribution in [0.1, 0.15) is 39.7 Å². The van der Waals surface area contributed by atoms with Gasteiger partial charge in [0, 0.05) is 18.3 Å². The zero-order valence-corrected chi connectivity index (χ0v) is 12.0. The summed E-state index contributed by atoms with van der Waals surface area (Å²) in [6.45, 7) is 9.11. The molecule has 1 rings (SSSR count). The van der Waals surface area contributed by atoms with E-state index in [1.54, 1.807) is 0 Å². The summed E-state index contributed by atoms with van der Waals surface area (Å²) in [6.07, 6.45) is 1.11. The molecule has 0 spiro atoms. The average Bonchev–Trinajstić information content (AvgIpc) is 2.28. The maximum Gasteiger partial charge on any atom is 0.0337 e. The van der Waals surface area contributed by atoms with E-state index in [2.05, 4.69) is 62.6 Å². The monoisotopic (exact) mass is 234 g/mol. The van der Waals surface area contributed by atoms with Crippen LogP contribution in [0.15, 0.2) is 24.3 Å². The molecule has 0 aromatic heterocycles. The van der Waals surface area contributed by atoms with Crippen LogP contribution in [0.25, 0.3) is 0 Å². The second kappa shape index (κ2) is 5.09. The number of hydrogen-bond acceptors (Lipinski definition) is 2. The summed E-state index contributed by atoms with van der Waals surface area (Å²) in [7, 11) is 3.98. The van der Waals surface area contributed by atoms with Crippen LogP contribution in [-0.2, 0) is 5.41 Å². The molecule has 0 atom stereocenters. The molecular weight excluding hydrogens is 208 g/mol. The Hall–Kier alpha value is -1.02. The molecule has 2 heteroatoms. The van der Waals surface area contributed by atoms with Crippen LogP contribution in [-0.4, -0.2) is 19.6 Å². The van der Waals surface area contributed by atoms with Crippen molar-refractivity contribution in [3.05, 3.63) is 29.8 Å². The van der Waals surface area contributed by atoms with Crippen LogP contribution in [0, 0.1) is 0 Å². The fourth-order valence-electron chi connectivity index (χ4n) is 2.38. The van der Waals surface area contributed by atoms with Crippen LogP contribution < -0.4 is 10.6 Å². The fourth-order valence-corrected chi connectivity index (χ4v) is 2.38. The Morgan fingerprint density at radius 3 is 1.88 bits per heavy atom. The van der Waals surface area contributed by atoms with E-state index in [1.807, 2.05) is 14.1 Å². The molecule has 0 saturated carbocycles. The van der Waals surface area contributed by atoms with Crippen molar-refractivity contribution in [2.24, 2.45) is 0 Å².